The first-order chi connectivity index (χ1) is 9.97. The highest BCUT2D eigenvalue weighted by molar-refractivity contribution is 9.10. The molecule has 5 heteroatoms. The lowest BCUT2D eigenvalue weighted by Gasteiger charge is -2.12. The van der Waals surface area contributed by atoms with Crippen molar-refractivity contribution in [3.63, 3.8) is 0 Å². The average Bonchev–Trinajstić information content (AvgIpc) is 2.80. The standard InChI is InChI=1S/C16H13Br2ClN2/c1-9-7-12(4-5-13(9)18)21-15-8-11(17)3-6-14(15)20-16(21)10(2)19/h3-8,10H,1-2H3. The largest absolute Gasteiger partial charge is 0.295 e. The van der Waals surface area contributed by atoms with Crippen LogP contribution in [0.4, 0.5) is 0 Å². The van der Waals surface area contributed by atoms with Gasteiger partial charge in [-0.2, -0.15) is 0 Å². The van der Waals surface area contributed by atoms with E-state index in [1.165, 1.54) is 5.56 Å². The van der Waals surface area contributed by atoms with Crippen LogP contribution >= 0.6 is 43.5 Å². The van der Waals surface area contributed by atoms with Crippen molar-refractivity contribution in [2.75, 3.05) is 0 Å². The zero-order valence-corrected chi connectivity index (χ0v) is 15.5. The van der Waals surface area contributed by atoms with Crippen LogP contribution in [0.5, 0.6) is 0 Å². The molecule has 2 aromatic carbocycles. The van der Waals surface area contributed by atoms with Crippen LogP contribution in [0.2, 0.25) is 0 Å². The molecular weight excluding hydrogens is 415 g/mol. The molecule has 1 atom stereocenters. The second kappa shape index (κ2) is 5.75. The Morgan fingerprint density at radius 1 is 1.14 bits per heavy atom. The van der Waals surface area contributed by atoms with Gasteiger partial charge in [0.15, 0.2) is 0 Å². The summed E-state index contributed by atoms with van der Waals surface area (Å²) in [4.78, 5) is 4.68. The minimum atomic E-state index is -0.167. The van der Waals surface area contributed by atoms with Crippen LogP contribution < -0.4 is 0 Å². The van der Waals surface area contributed by atoms with Crippen molar-refractivity contribution in [2.45, 2.75) is 19.2 Å². The van der Waals surface area contributed by atoms with Crippen LogP contribution in [-0.2, 0) is 0 Å². The molecule has 0 N–H and O–H groups in total. The third-order valence-corrected chi connectivity index (χ3v) is 4.98. The van der Waals surface area contributed by atoms with Crippen molar-refractivity contribution < 1.29 is 0 Å². The molecular formula is C16H13Br2ClN2. The van der Waals surface area contributed by atoms with E-state index in [-0.39, 0.29) is 5.38 Å². The molecule has 0 saturated heterocycles. The number of aryl methyl sites for hydroxylation is 1. The zero-order valence-electron chi connectivity index (χ0n) is 11.6. The topological polar surface area (TPSA) is 17.8 Å². The van der Waals surface area contributed by atoms with Gasteiger partial charge in [0, 0.05) is 14.6 Å². The lowest BCUT2D eigenvalue weighted by atomic mass is 10.2. The van der Waals surface area contributed by atoms with Gasteiger partial charge in [0.1, 0.15) is 5.82 Å². The normalized spacial score (nSPS) is 12.8. The van der Waals surface area contributed by atoms with E-state index in [1.807, 2.05) is 19.1 Å². The molecule has 0 spiro atoms. The lowest BCUT2D eigenvalue weighted by Crippen LogP contribution is -2.02. The van der Waals surface area contributed by atoms with Gasteiger partial charge in [0.25, 0.3) is 0 Å². The number of halogens is 3. The highest BCUT2D eigenvalue weighted by Gasteiger charge is 2.17. The van der Waals surface area contributed by atoms with Crippen LogP contribution in [0, 0.1) is 6.92 Å². The smallest absolute Gasteiger partial charge is 0.132 e. The van der Waals surface area contributed by atoms with Crippen LogP contribution in [0.15, 0.2) is 45.3 Å². The molecule has 2 nitrogen and oxygen atoms in total. The molecule has 1 aromatic heterocycles. The fourth-order valence-electron chi connectivity index (χ4n) is 2.37. The Bertz CT molecular complexity index is 825. The van der Waals surface area contributed by atoms with Crippen molar-refractivity contribution in [3.05, 3.63) is 56.7 Å². The van der Waals surface area contributed by atoms with E-state index in [0.29, 0.717) is 0 Å². The number of hydrogen-bond donors (Lipinski definition) is 0. The summed E-state index contributed by atoms with van der Waals surface area (Å²) in [6.45, 7) is 4.02. The van der Waals surface area contributed by atoms with Gasteiger partial charge < -0.3 is 0 Å². The van der Waals surface area contributed by atoms with Gasteiger partial charge in [-0.25, -0.2) is 4.98 Å². The van der Waals surface area contributed by atoms with E-state index >= 15 is 0 Å². The molecule has 1 unspecified atom stereocenters. The predicted octanol–water partition coefficient (Wildman–Crippen LogP) is 6.16. The Morgan fingerprint density at radius 3 is 2.57 bits per heavy atom. The van der Waals surface area contributed by atoms with Gasteiger partial charge in [-0.3, -0.25) is 4.57 Å². The van der Waals surface area contributed by atoms with Gasteiger partial charge >= 0.3 is 0 Å². The third-order valence-electron chi connectivity index (χ3n) is 3.40. The minimum absolute atomic E-state index is 0.167. The Hall–Kier alpha value is -0.840. The quantitative estimate of drug-likeness (QED) is 0.447. The molecule has 0 aliphatic carbocycles. The maximum atomic E-state index is 6.34. The van der Waals surface area contributed by atoms with E-state index in [9.17, 15) is 0 Å². The number of hydrogen-bond acceptors (Lipinski definition) is 1. The summed E-state index contributed by atoms with van der Waals surface area (Å²) in [5, 5.41) is -0.167. The van der Waals surface area contributed by atoms with Crippen molar-refractivity contribution in [3.8, 4) is 5.69 Å². The monoisotopic (exact) mass is 426 g/mol. The Morgan fingerprint density at radius 2 is 1.90 bits per heavy atom. The highest BCUT2D eigenvalue weighted by atomic mass is 79.9. The first-order valence-electron chi connectivity index (χ1n) is 6.56. The van der Waals surface area contributed by atoms with Gasteiger partial charge in [-0.05, 0) is 55.8 Å². The number of aromatic nitrogens is 2. The fourth-order valence-corrected chi connectivity index (χ4v) is 3.12. The SMILES string of the molecule is Cc1cc(-n2c(C(C)Cl)nc3ccc(Br)cc32)ccc1Br. The predicted molar refractivity (Wildman–Crippen MR) is 95.5 cm³/mol. The molecule has 1 heterocycles. The zero-order chi connectivity index (χ0) is 15.1. The molecule has 0 bridgehead atoms. The Labute approximate surface area is 145 Å². The molecule has 108 valence electrons. The fraction of sp³-hybridized carbons (Fsp3) is 0.188. The molecule has 0 amide bonds. The number of alkyl halides is 1. The second-order valence-electron chi connectivity index (χ2n) is 4.99. The van der Waals surface area contributed by atoms with E-state index in [0.717, 1.165) is 31.5 Å². The second-order valence-corrected chi connectivity index (χ2v) is 7.41. The van der Waals surface area contributed by atoms with Crippen LogP contribution in [0.3, 0.4) is 0 Å². The van der Waals surface area contributed by atoms with Gasteiger partial charge in [0.05, 0.1) is 16.4 Å². The van der Waals surface area contributed by atoms with Gasteiger partial charge in [0.2, 0.25) is 0 Å². The number of benzene rings is 2. The number of fused-ring (bicyclic) bond motifs is 1. The summed E-state index contributed by atoms with van der Waals surface area (Å²) in [5.41, 5.74) is 4.24. The lowest BCUT2D eigenvalue weighted by molar-refractivity contribution is 0.881. The summed E-state index contributed by atoms with van der Waals surface area (Å²) in [6.07, 6.45) is 0. The molecule has 0 radical (unpaired) electrons. The molecule has 0 saturated carbocycles. The van der Waals surface area contributed by atoms with Crippen LogP contribution in [-0.4, -0.2) is 9.55 Å². The molecule has 0 aliphatic rings. The van der Waals surface area contributed by atoms with Gasteiger partial charge in [-0.15, -0.1) is 11.6 Å². The Kier molecular flexibility index (Phi) is 4.12. The maximum absolute atomic E-state index is 6.34. The van der Waals surface area contributed by atoms with Crippen LogP contribution in [0.25, 0.3) is 16.7 Å². The van der Waals surface area contributed by atoms with Crippen molar-refractivity contribution >= 4 is 54.5 Å². The highest BCUT2D eigenvalue weighted by Crippen LogP contribution is 2.31. The number of rotatable bonds is 2. The summed E-state index contributed by atoms with van der Waals surface area (Å²) in [6, 6.07) is 12.3. The first-order valence-corrected chi connectivity index (χ1v) is 8.58. The molecule has 0 aliphatic heterocycles. The molecule has 3 aromatic rings. The Balaban J connectivity index is 2.35. The van der Waals surface area contributed by atoms with E-state index in [1.54, 1.807) is 0 Å². The minimum Gasteiger partial charge on any atom is -0.295 e. The molecule has 21 heavy (non-hydrogen) atoms. The number of nitrogens with zero attached hydrogens (tertiary/aromatic N) is 2. The molecule has 3 rings (SSSR count). The van der Waals surface area contributed by atoms with Crippen LogP contribution in [0.1, 0.15) is 23.7 Å². The summed E-state index contributed by atoms with van der Waals surface area (Å²) >= 11 is 13.4. The van der Waals surface area contributed by atoms with Gasteiger partial charge in [-0.1, -0.05) is 31.9 Å². The van der Waals surface area contributed by atoms with E-state index in [4.69, 9.17) is 11.6 Å². The van der Waals surface area contributed by atoms with Crippen molar-refractivity contribution in [1.82, 2.24) is 9.55 Å². The van der Waals surface area contributed by atoms with E-state index < -0.39 is 0 Å². The maximum Gasteiger partial charge on any atom is 0.132 e. The van der Waals surface area contributed by atoms with E-state index in [2.05, 4.69) is 72.6 Å². The first kappa shape index (κ1) is 15.1. The summed E-state index contributed by atoms with van der Waals surface area (Å²) < 4.78 is 4.24. The third kappa shape index (κ3) is 2.77. The average molecular weight is 429 g/mol. The van der Waals surface area contributed by atoms with Crippen molar-refractivity contribution in [1.29, 1.82) is 0 Å². The summed E-state index contributed by atoms with van der Waals surface area (Å²) in [5.74, 6) is 0.853. The van der Waals surface area contributed by atoms with Crippen molar-refractivity contribution in [2.24, 2.45) is 0 Å². The summed E-state index contributed by atoms with van der Waals surface area (Å²) in [7, 11) is 0. The molecule has 0 fully saturated rings. The number of imidazole rings is 1.